The fourth-order valence-electron chi connectivity index (χ4n) is 6.84. The molecule has 0 bridgehead atoms. The van der Waals surface area contributed by atoms with Crippen molar-refractivity contribution in [1.82, 2.24) is 9.80 Å². The lowest BCUT2D eigenvalue weighted by Crippen LogP contribution is -2.51. The Morgan fingerprint density at radius 2 is 1.57 bits per heavy atom. The van der Waals surface area contributed by atoms with E-state index in [-0.39, 0.29) is 29.6 Å². The van der Waals surface area contributed by atoms with Crippen molar-refractivity contribution in [2.75, 3.05) is 32.7 Å². The topological polar surface area (TPSA) is 66.6 Å². The highest BCUT2D eigenvalue weighted by Gasteiger charge is 2.41. The molecule has 2 aromatic rings. The molecule has 2 aromatic carbocycles. The maximum atomic E-state index is 13.7. The Balaban J connectivity index is 0.00000484. The predicted molar refractivity (Wildman–Crippen MR) is 177 cm³/mol. The molecule has 4 rings (SSSR count). The lowest BCUT2D eigenvalue weighted by molar-refractivity contribution is -0.133. The SMILES string of the molecule is CCc1cc(CC)cc(CC(=O)N2CCCC(CCN3CCC(C(C)(C)C(N)=O)CC3)(c3ccc(Cl)c(Cl)c3)C2)c1.Cl. The normalized spacial score (nSPS) is 20.3. The molecule has 2 amide bonds. The van der Waals surface area contributed by atoms with E-state index < -0.39 is 5.41 Å². The van der Waals surface area contributed by atoms with Crippen LogP contribution in [-0.2, 0) is 34.3 Å². The first kappa shape index (κ1) is 34.7. The van der Waals surface area contributed by atoms with Gasteiger partial charge >= 0.3 is 0 Å². The van der Waals surface area contributed by atoms with Gasteiger partial charge in [-0.3, -0.25) is 9.59 Å². The van der Waals surface area contributed by atoms with Crippen molar-refractivity contribution in [2.45, 2.75) is 84.5 Å². The monoisotopic (exact) mass is 635 g/mol. The predicted octanol–water partition coefficient (Wildman–Crippen LogP) is 7.26. The molecule has 8 heteroatoms. The molecule has 2 saturated heterocycles. The third-order valence-electron chi connectivity index (χ3n) is 9.90. The summed E-state index contributed by atoms with van der Waals surface area (Å²) in [5, 5.41) is 1.11. The smallest absolute Gasteiger partial charge is 0.227 e. The molecule has 232 valence electrons. The van der Waals surface area contributed by atoms with Crippen LogP contribution in [0.25, 0.3) is 0 Å². The molecule has 0 spiro atoms. The summed E-state index contributed by atoms with van der Waals surface area (Å²) in [6.45, 7) is 12.6. The van der Waals surface area contributed by atoms with Crippen molar-refractivity contribution >= 4 is 47.4 Å². The maximum absolute atomic E-state index is 13.7. The zero-order valence-corrected chi connectivity index (χ0v) is 28.0. The summed E-state index contributed by atoms with van der Waals surface area (Å²) < 4.78 is 0. The van der Waals surface area contributed by atoms with E-state index in [1.54, 1.807) is 0 Å². The van der Waals surface area contributed by atoms with E-state index in [9.17, 15) is 9.59 Å². The quantitative estimate of drug-likeness (QED) is 0.299. The number of benzene rings is 2. The molecule has 0 aromatic heterocycles. The molecular weight excluding hydrogens is 589 g/mol. The fraction of sp³-hybridized carbons (Fsp3) is 0.588. The van der Waals surface area contributed by atoms with E-state index in [1.165, 1.54) is 11.1 Å². The standard InChI is InChI=1S/C34H47Cl2N3O2.ClH/c1-5-24-18-25(6-2)20-26(19-24)21-31(40)39-14-7-12-34(23-39,28-8-9-29(35)30(36)22-28)13-17-38-15-10-27(11-16-38)33(3,4)32(37)41;/h8-9,18-20,22,27H,5-7,10-17,21,23H2,1-4H3,(H2,37,41);1H. The van der Waals surface area contributed by atoms with Gasteiger partial charge in [0.25, 0.3) is 0 Å². The van der Waals surface area contributed by atoms with E-state index in [1.807, 2.05) is 26.0 Å². The van der Waals surface area contributed by atoms with Crippen LogP contribution >= 0.6 is 35.6 Å². The van der Waals surface area contributed by atoms with E-state index in [0.29, 0.717) is 28.9 Å². The minimum atomic E-state index is -0.480. The summed E-state index contributed by atoms with van der Waals surface area (Å²) in [5.74, 6) is 0.287. The number of halogens is 3. The van der Waals surface area contributed by atoms with Crippen molar-refractivity contribution in [1.29, 1.82) is 0 Å². The number of primary amides is 1. The number of rotatable bonds is 10. The Hall–Kier alpha value is -1.79. The summed E-state index contributed by atoms with van der Waals surface area (Å²) >= 11 is 12.8. The number of nitrogens with zero attached hydrogens (tertiary/aromatic N) is 2. The zero-order chi connectivity index (χ0) is 29.8. The van der Waals surface area contributed by atoms with E-state index in [0.717, 1.165) is 82.3 Å². The van der Waals surface area contributed by atoms with Gasteiger partial charge in [0.1, 0.15) is 0 Å². The molecule has 0 saturated carbocycles. The number of hydrogen-bond donors (Lipinski definition) is 1. The van der Waals surface area contributed by atoms with Gasteiger partial charge in [0.2, 0.25) is 11.8 Å². The number of aryl methyl sites for hydroxylation is 2. The fourth-order valence-corrected chi connectivity index (χ4v) is 7.14. The zero-order valence-electron chi connectivity index (χ0n) is 25.7. The first-order chi connectivity index (χ1) is 19.5. The van der Waals surface area contributed by atoms with Crippen LogP contribution in [-0.4, -0.2) is 54.3 Å². The van der Waals surface area contributed by atoms with Crippen molar-refractivity contribution in [2.24, 2.45) is 17.1 Å². The molecule has 2 aliphatic rings. The Morgan fingerprint density at radius 1 is 0.952 bits per heavy atom. The number of likely N-dealkylation sites (tertiary alicyclic amines) is 2. The molecule has 5 nitrogen and oxygen atoms in total. The van der Waals surface area contributed by atoms with Crippen LogP contribution < -0.4 is 5.73 Å². The second-order valence-electron chi connectivity index (χ2n) is 12.8. The van der Waals surface area contributed by atoms with Crippen molar-refractivity contribution in [3.8, 4) is 0 Å². The second kappa shape index (κ2) is 14.8. The summed E-state index contributed by atoms with van der Waals surface area (Å²) in [7, 11) is 0. The largest absolute Gasteiger partial charge is 0.369 e. The van der Waals surface area contributed by atoms with Gasteiger partial charge in [0.15, 0.2) is 0 Å². The molecule has 0 aliphatic carbocycles. The molecule has 1 atom stereocenters. The molecule has 2 fully saturated rings. The van der Waals surface area contributed by atoms with Gasteiger partial charge in [0, 0.05) is 23.9 Å². The van der Waals surface area contributed by atoms with Gasteiger partial charge in [-0.1, -0.05) is 75.2 Å². The summed E-state index contributed by atoms with van der Waals surface area (Å²) in [6, 6.07) is 12.6. The third kappa shape index (κ3) is 8.02. The number of amides is 2. The molecule has 2 N–H and O–H groups in total. The van der Waals surface area contributed by atoms with Crippen LogP contribution in [0.2, 0.25) is 10.0 Å². The number of carbonyl (C=O) groups is 2. The Morgan fingerprint density at radius 3 is 2.14 bits per heavy atom. The van der Waals surface area contributed by atoms with Crippen LogP contribution in [0.15, 0.2) is 36.4 Å². The number of nitrogens with two attached hydrogens (primary N) is 1. The van der Waals surface area contributed by atoms with Crippen LogP contribution in [0.5, 0.6) is 0 Å². The molecular formula is C34H48Cl3N3O2. The Bertz CT molecular complexity index is 1220. The van der Waals surface area contributed by atoms with Crippen LogP contribution in [0, 0.1) is 11.3 Å². The van der Waals surface area contributed by atoms with Crippen LogP contribution in [0.4, 0.5) is 0 Å². The van der Waals surface area contributed by atoms with E-state index in [2.05, 4.69) is 47.9 Å². The van der Waals surface area contributed by atoms with Gasteiger partial charge < -0.3 is 15.5 Å². The Labute approximate surface area is 268 Å². The maximum Gasteiger partial charge on any atom is 0.227 e. The highest BCUT2D eigenvalue weighted by molar-refractivity contribution is 6.42. The van der Waals surface area contributed by atoms with E-state index >= 15 is 0 Å². The molecule has 1 unspecified atom stereocenters. The van der Waals surface area contributed by atoms with Crippen LogP contribution in [0.1, 0.15) is 82.1 Å². The molecule has 2 aliphatic heterocycles. The summed E-state index contributed by atoms with van der Waals surface area (Å²) in [4.78, 5) is 30.3. The lowest BCUT2D eigenvalue weighted by atomic mass is 9.71. The minimum absolute atomic E-state index is 0. The lowest BCUT2D eigenvalue weighted by Gasteiger charge is -2.45. The average molecular weight is 637 g/mol. The Kier molecular flexibility index (Phi) is 12.2. The molecule has 2 heterocycles. The van der Waals surface area contributed by atoms with Crippen molar-refractivity contribution < 1.29 is 9.59 Å². The van der Waals surface area contributed by atoms with Gasteiger partial charge in [0.05, 0.1) is 16.5 Å². The molecule has 42 heavy (non-hydrogen) atoms. The summed E-state index contributed by atoms with van der Waals surface area (Å²) in [5.41, 5.74) is 9.89. The number of piperidine rings is 2. The highest BCUT2D eigenvalue weighted by Crippen LogP contribution is 2.41. The van der Waals surface area contributed by atoms with Crippen molar-refractivity contribution in [3.05, 3.63) is 68.7 Å². The third-order valence-corrected chi connectivity index (χ3v) is 10.6. The van der Waals surface area contributed by atoms with E-state index in [4.69, 9.17) is 28.9 Å². The summed E-state index contributed by atoms with van der Waals surface area (Å²) in [6.07, 6.45) is 7.20. The highest BCUT2D eigenvalue weighted by atomic mass is 35.5. The average Bonchev–Trinajstić information content (AvgIpc) is 2.97. The van der Waals surface area contributed by atoms with Crippen molar-refractivity contribution in [3.63, 3.8) is 0 Å². The second-order valence-corrected chi connectivity index (χ2v) is 13.6. The minimum Gasteiger partial charge on any atom is -0.369 e. The van der Waals surface area contributed by atoms with Gasteiger partial charge in [-0.15, -0.1) is 12.4 Å². The van der Waals surface area contributed by atoms with Gasteiger partial charge in [-0.2, -0.15) is 0 Å². The van der Waals surface area contributed by atoms with Crippen LogP contribution in [0.3, 0.4) is 0 Å². The van der Waals surface area contributed by atoms with Gasteiger partial charge in [-0.05, 0) is 105 Å². The number of hydrogen-bond acceptors (Lipinski definition) is 3. The first-order valence-corrected chi connectivity index (χ1v) is 16.1. The number of carbonyl (C=O) groups excluding carboxylic acids is 2. The molecule has 0 radical (unpaired) electrons. The first-order valence-electron chi connectivity index (χ1n) is 15.3. The van der Waals surface area contributed by atoms with Gasteiger partial charge in [-0.25, -0.2) is 0 Å².